The van der Waals surface area contributed by atoms with Crippen molar-refractivity contribution in [1.29, 1.82) is 0 Å². The van der Waals surface area contributed by atoms with Gasteiger partial charge in [-0.2, -0.15) is 5.10 Å². The van der Waals surface area contributed by atoms with Gasteiger partial charge >= 0.3 is 5.97 Å². The maximum Gasteiger partial charge on any atom is 0.303 e. The minimum Gasteiger partial charge on any atom is -0.481 e. The number of amides is 1. The number of aliphatic carboxylic acids is 1. The number of anilines is 1. The van der Waals surface area contributed by atoms with Crippen LogP contribution in [0.15, 0.2) is 23.3 Å². The third-order valence-electron chi connectivity index (χ3n) is 3.65. The third-order valence-corrected chi connectivity index (χ3v) is 3.65. The minimum atomic E-state index is -0.893. The van der Waals surface area contributed by atoms with E-state index >= 15 is 0 Å². The third kappa shape index (κ3) is 2.71. The second kappa shape index (κ2) is 5.45. The maximum atomic E-state index is 12.3. The van der Waals surface area contributed by atoms with Crippen LogP contribution in [-0.4, -0.2) is 22.7 Å². The van der Waals surface area contributed by atoms with E-state index in [1.807, 2.05) is 32.0 Å². The van der Waals surface area contributed by atoms with Gasteiger partial charge in [-0.3, -0.25) is 9.59 Å². The van der Waals surface area contributed by atoms with Crippen LogP contribution in [-0.2, 0) is 9.59 Å². The second-order valence-corrected chi connectivity index (χ2v) is 5.14. The van der Waals surface area contributed by atoms with Crippen molar-refractivity contribution in [3.63, 3.8) is 0 Å². The summed E-state index contributed by atoms with van der Waals surface area (Å²) in [6, 6.07) is 5.73. The SMILES string of the molecule is CC1=NN(c2ccc(C)c(C)c2)C(=O)[C@@H]1CCC(=O)O. The molecule has 0 radical (unpaired) electrons. The van der Waals surface area contributed by atoms with Gasteiger partial charge in [-0.25, -0.2) is 5.01 Å². The lowest BCUT2D eigenvalue weighted by Gasteiger charge is -2.15. The lowest BCUT2D eigenvalue weighted by atomic mass is 9.98. The molecule has 2 rings (SSSR count). The Bertz CT molecular complexity index is 593. The fraction of sp³-hybridized carbons (Fsp3) is 0.400. The second-order valence-electron chi connectivity index (χ2n) is 5.14. The summed E-state index contributed by atoms with van der Waals surface area (Å²) in [5.74, 6) is -1.46. The normalized spacial score (nSPS) is 18.4. The fourth-order valence-electron chi connectivity index (χ4n) is 2.25. The van der Waals surface area contributed by atoms with E-state index in [-0.39, 0.29) is 12.3 Å². The van der Waals surface area contributed by atoms with Crippen LogP contribution in [0, 0.1) is 19.8 Å². The molecule has 0 fully saturated rings. The minimum absolute atomic E-state index is 0.0238. The van der Waals surface area contributed by atoms with E-state index in [9.17, 15) is 9.59 Å². The largest absolute Gasteiger partial charge is 0.481 e. The van der Waals surface area contributed by atoms with E-state index in [2.05, 4.69) is 5.10 Å². The van der Waals surface area contributed by atoms with Crippen molar-refractivity contribution in [3.8, 4) is 0 Å². The van der Waals surface area contributed by atoms with Crippen molar-refractivity contribution in [2.45, 2.75) is 33.6 Å². The molecule has 0 aliphatic carbocycles. The number of aryl methyl sites for hydroxylation is 2. The molecule has 1 aliphatic heterocycles. The highest BCUT2D eigenvalue weighted by atomic mass is 16.4. The molecule has 5 nitrogen and oxygen atoms in total. The molecule has 1 N–H and O–H groups in total. The van der Waals surface area contributed by atoms with Crippen molar-refractivity contribution < 1.29 is 14.7 Å². The molecule has 1 atom stereocenters. The molecular weight excluding hydrogens is 256 g/mol. The summed E-state index contributed by atoms with van der Waals surface area (Å²) in [6.45, 7) is 5.76. The molecule has 20 heavy (non-hydrogen) atoms. The van der Waals surface area contributed by atoms with Gasteiger partial charge in [0.05, 0.1) is 11.6 Å². The molecule has 106 valence electrons. The Morgan fingerprint density at radius 3 is 2.60 bits per heavy atom. The molecule has 0 bridgehead atoms. The first-order valence-corrected chi connectivity index (χ1v) is 6.58. The Hall–Kier alpha value is -2.17. The van der Waals surface area contributed by atoms with Gasteiger partial charge in [-0.1, -0.05) is 6.07 Å². The van der Waals surface area contributed by atoms with E-state index in [4.69, 9.17) is 5.11 Å². The topological polar surface area (TPSA) is 70.0 Å². The molecular formula is C15H18N2O3. The summed E-state index contributed by atoms with van der Waals surface area (Å²) in [6.07, 6.45) is 0.273. The molecule has 0 unspecified atom stereocenters. The predicted molar refractivity (Wildman–Crippen MR) is 76.9 cm³/mol. The first kappa shape index (κ1) is 14.2. The highest BCUT2D eigenvalue weighted by molar-refractivity contribution is 6.14. The number of benzene rings is 1. The molecule has 1 aliphatic rings. The summed E-state index contributed by atoms with van der Waals surface area (Å²) in [4.78, 5) is 23.0. The van der Waals surface area contributed by atoms with Gasteiger partial charge in [0.2, 0.25) is 0 Å². The van der Waals surface area contributed by atoms with Crippen molar-refractivity contribution in [1.82, 2.24) is 0 Å². The number of rotatable bonds is 4. The van der Waals surface area contributed by atoms with Gasteiger partial charge in [0.15, 0.2) is 0 Å². The lowest BCUT2D eigenvalue weighted by Crippen LogP contribution is -2.27. The number of hydrogen-bond acceptors (Lipinski definition) is 3. The number of nitrogens with zero attached hydrogens (tertiary/aromatic N) is 2. The molecule has 1 aromatic carbocycles. The molecule has 0 spiro atoms. The molecule has 1 heterocycles. The monoisotopic (exact) mass is 274 g/mol. The number of carboxylic acid groups (broad SMARTS) is 1. The first-order valence-electron chi connectivity index (χ1n) is 6.58. The quantitative estimate of drug-likeness (QED) is 0.917. The highest BCUT2D eigenvalue weighted by Gasteiger charge is 2.34. The zero-order valence-electron chi connectivity index (χ0n) is 11.9. The number of hydrazone groups is 1. The molecule has 0 saturated heterocycles. The van der Waals surface area contributed by atoms with Gasteiger partial charge in [-0.15, -0.1) is 0 Å². The summed E-state index contributed by atoms with van der Waals surface area (Å²) in [5, 5.41) is 14.4. The van der Waals surface area contributed by atoms with E-state index in [1.165, 1.54) is 5.01 Å². The summed E-state index contributed by atoms with van der Waals surface area (Å²) in [7, 11) is 0. The summed E-state index contributed by atoms with van der Waals surface area (Å²) >= 11 is 0. The van der Waals surface area contributed by atoms with Crippen LogP contribution in [0.2, 0.25) is 0 Å². The van der Waals surface area contributed by atoms with Gasteiger partial charge in [-0.05, 0) is 50.5 Å². The number of carbonyl (C=O) groups is 2. The maximum absolute atomic E-state index is 12.3. The molecule has 0 saturated carbocycles. The van der Waals surface area contributed by atoms with E-state index in [0.717, 1.165) is 16.8 Å². The first-order chi connectivity index (χ1) is 9.40. The van der Waals surface area contributed by atoms with Crippen molar-refractivity contribution >= 4 is 23.3 Å². The van der Waals surface area contributed by atoms with Crippen LogP contribution in [0.1, 0.15) is 30.9 Å². The summed E-state index contributed by atoms with van der Waals surface area (Å²) < 4.78 is 0. The molecule has 0 aromatic heterocycles. The smallest absolute Gasteiger partial charge is 0.303 e. The van der Waals surface area contributed by atoms with Crippen LogP contribution in [0.4, 0.5) is 5.69 Å². The average molecular weight is 274 g/mol. The predicted octanol–water partition coefficient (Wildman–Crippen LogP) is 2.51. The Morgan fingerprint density at radius 2 is 2.00 bits per heavy atom. The molecule has 1 aromatic rings. The Balaban J connectivity index is 2.20. The van der Waals surface area contributed by atoms with Crippen LogP contribution in [0.3, 0.4) is 0 Å². The highest BCUT2D eigenvalue weighted by Crippen LogP contribution is 2.27. The van der Waals surface area contributed by atoms with Gasteiger partial charge in [0, 0.05) is 12.1 Å². The van der Waals surface area contributed by atoms with Gasteiger partial charge < -0.3 is 5.11 Å². The van der Waals surface area contributed by atoms with Crippen molar-refractivity contribution in [2.75, 3.05) is 5.01 Å². The van der Waals surface area contributed by atoms with Crippen molar-refractivity contribution in [3.05, 3.63) is 29.3 Å². The lowest BCUT2D eigenvalue weighted by molar-refractivity contribution is -0.137. The van der Waals surface area contributed by atoms with Crippen LogP contribution in [0.5, 0.6) is 0 Å². The van der Waals surface area contributed by atoms with E-state index in [0.29, 0.717) is 12.1 Å². The van der Waals surface area contributed by atoms with Crippen molar-refractivity contribution in [2.24, 2.45) is 11.0 Å². The summed E-state index contributed by atoms with van der Waals surface area (Å²) in [5.41, 5.74) is 3.66. The standard InChI is InChI=1S/C15H18N2O3/c1-9-4-5-12(8-10(9)2)17-15(20)13(11(3)16-17)6-7-14(18)19/h4-5,8,13H,6-7H2,1-3H3,(H,18,19)/t13-/m1/s1. The number of carbonyl (C=O) groups excluding carboxylic acids is 1. The van der Waals surface area contributed by atoms with Crippen LogP contribution >= 0.6 is 0 Å². The fourth-order valence-corrected chi connectivity index (χ4v) is 2.25. The zero-order chi connectivity index (χ0) is 14.9. The average Bonchev–Trinajstić information content (AvgIpc) is 2.66. The van der Waals surface area contributed by atoms with Crippen LogP contribution < -0.4 is 5.01 Å². The van der Waals surface area contributed by atoms with E-state index < -0.39 is 11.9 Å². The number of hydrogen-bond donors (Lipinski definition) is 1. The van der Waals surface area contributed by atoms with Gasteiger partial charge in [0.1, 0.15) is 0 Å². The number of carboxylic acids is 1. The Labute approximate surface area is 117 Å². The molecule has 1 amide bonds. The van der Waals surface area contributed by atoms with Gasteiger partial charge in [0.25, 0.3) is 5.91 Å². The Morgan fingerprint density at radius 1 is 1.30 bits per heavy atom. The van der Waals surface area contributed by atoms with Crippen LogP contribution in [0.25, 0.3) is 0 Å². The molecule has 5 heteroatoms. The zero-order valence-corrected chi connectivity index (χ0v) is 11.9. The Kier molecular flexibility index (Phi) is 3.88. The van der Waals surface area contributed by atoms with E-state index in [1.54, 1.807) is 6.92 Å².